The van der Waals surface area contributed by atoms with E-state index in [-0.39, 0.29) is 49.0 Å². The Bertz CT molecular complexity index is 799. The molecular formula is C18H20FN3O5S. The molecular weight excluding hydrogens is 389 g/mol. The number of amides is 4. The molecule has 0 bridgehead atoms. The van der Waals surface area contributed by atoms with E-state index in [9.17, 15) is 23.6 Å². The Kier molecular flexibility index (Phi) is 8.00. The van der Waals surface area contributed by atoms with Gasteiger partial charge in [0.2, 0.25) is 5.91 Å². The molecule has 1 fully saturated rings. The van der Waals surface area contributed by atoms with Crippen molar-refractivity contribution in [1.82, 2.24) is 15.5 Å². The normalized spacial score (nSPS) is 15.1. The maximum absolute atomic E-state index is 13.7. The Morgan fingerprint density at radius 2 is 1.96 bits per heavy atom. The van der Waals surface area contributed by atoms with Crippen molar-refractivity contribution in [3.8, 4) is 0 Å². The van der Waals surface area contributed by atoms with Crippen LogP contribution in [0.1, 0.15) is 18.9 Å². The first-order valence-corrected chi connectivity index (χ1v) is 9.41. The number of carbonyl (C=O) groups is 4. The minimum Gasteiger partial charge on any atom is -0.450 e. The van der Waals surface area contributed by atoms with E-state index < -0.39 is 23.1 Å². The van der Waals surface area contributed by atoms with Gasteiger partial charge >= 0.3 is 6.09 Å². The van der Waals surface area contributed by atoms with Gasteiger partial charge in [-0.1, -0.05) is 18.2 Å². The molecule has 1 saturated heterocycles. The average Bonchev–Trinajstić information content (AvgIpc) is 2.91. The van der Waals surface area contributed by atoms with Gasteiger partial charge in [-0.3, -0.25) is 19.3 Å². The third-order valence-corrected chi connectivity index (χ3v) is 4.53. The van der Waals surface area contributed by atoms with E-state index in [4.69, 9.17) is 0 Å². The Morgan fingerprint density at radius 3 is 2.68 bits per heavy atom. The third kappa shape index (κ3) is 6.08. The lowest BCUT2D eigenvalue weighted by atomic mass is 10.2. The first-order chi connectivity index (χ1) is 13.4. The summed E-state index contributed by atoms with van der Waals surface area (Å²) in [6.07, 6.45) is 0.767. The molecule has 1 heterocycles. The molecule has 2 rings (SSSR count). The highest BCUT2D eigenvalue weighted by Crippen LogP contribution is 2.32. The van der Waals surface area contributed by atoms with Gasteiger partial charge in [0.25, 0.3) is 11.1 Å². The molecule has 10 heteroatoms. The Morgan fingerprint density at radius 1 is 1.21 bits per heavy atom. The summed E-state index contributed by atoms with van der Waals surface area (Å²) in [5.41, 5.74) is 0.218. The van der Waals surface area contributed by atoms with Crippen LogP contribution < -0.4 is 10.6 Å². The van der Waals surface area contributed by atoms with E-state index >= 15 is 0 Å². The number of halogens is 1. The molecule has 0 spiro atoms. The van der Waals surface area contributed by atoms with Crippen molar-refractivity contribution in [2.75, 3.05) is 26.2 Å². The topological polar surface area (TPSA) is 105 Å². The largest absolute Gasteiger partial charge is 0.450 e. The van der Waals surface area contributed by atoms with Crippen LogP contribution >= 0.6 is 11.8 Å². The fourth-order valence-electron chi connectivity index (χ4n) is 2.28. The molecule has 1 aromatic rings. The summed E-state index contributed by atoms with van der Waals surface area (Å²) in [7, 11) is 0. The van der Waals surface area contributed by atoms with Crippen molar-refractivity contribution in [2.45, 2.75) is 13.3 Å². The van der Waals surface area contributed by atoms with Gasteiger partial charge in [0, 0.05) is 31.6 Å². The standard InChI is InChI=1S/C18H20FN3O5S/c1-2-27-17(25)21-8-7-15(23)20-9-10-22-16(24)14(28-18(22)26)11-12-5-3-4-6-13(12)19/h3-6,11H,2,7-10H2,1H3,(H,20,23)(H,21,25)/b14-11-. The van der Waals surface area contributed by atoms with Crippen LogP contribution in [0.5, 0.6) is 0 Å². The van der Waals surface area contributed by atoms with Gasteiger partial charge < -0.3 is 15.4 Å². The zero-order valence-corrected chi connectivity index (χ0v) is 16.0. The monoisotopic (exact) mass is 409 g/mol. The fraction of sp³-hybridized carbons (Fsp3) is 0.333. The SMILES string of the molecule is CCOC(=O)NCCC(=O)NCCN1C(=O)S/C(=C\c2ccccc2F)C1=O. The number of imide groups is 1. The quantitative estimate of drug-likeness (QED) is 0.638. The second-order valence-electron chi connectivity index (χ2n) is 5.60. The first-order valence-electron chi connectivity index (χ1n) is 8.59. The van der Waals surface area contributed by atoms with E-state index in [0.29, 0.717) is 0 Å². The highest BCUT2D eigenvalue weighted by Gasteiger charge is 2.34. The minimum absolute atomic E-state index is 0.00365. The zero-order chi connectivity index (χ0) is 20.5. The van der Waals surface area contributed by atoms with Crippen molar-refractivity contribution in [3.63, 3.8) is 0 Å². The molecule has 8 nitrogen and oxygen atoms in total. The molecule has 2 N–H and O–H groups in total. The van der Waals surface area contributed by atoms with Crippen molar-refractivity contribution < 1.29 is 28.3 Å². The third-order valence-electron chi connectivity index (χ3n) is 3.62. The number of nitrogens with one attached hydrogen (secondary N) is 2. The van der Waals surface area contributed by atoms with Crippen molar-refractivity contribution in [3.05, 3.63) is 40.6 Å². The van der Waals surface area contributed by atoms with Gasteiger partial charge in [-0.25, -0.2) is 9.18 Å². The summed E-state index contributed by atoms with van der Waals surface area (Å²) in [6, 6.07) is 5.94. The summed E-state index contributed by atoms with van der Waals surface area (Å²) >= 11 is 0.724. The van der Waals surface area contributed by atoms with Gasteiger partial charge in [0.1, 0.15) is 5.82 Å². The maximum Gasteiger partial charge on any atom is 0.407 e. The molecule has 1 aliphatic rings. The molecule has 4 amide bonds. The van der Waals surface area contributed by atoms with E-state index in [1.54, 1.807) is 13.0 Å². The lowest BCUT2D eigenvalue weighted by Gasteiger charge is -2.13. The number of carbonyl (C=O) groups excluding carboxylic acids is 4. The van der Waals surface area contributed by atoms with Crippen LogP contribution in [0.4, 0.5) is 14.0 Å². The predicted octanol–water partition coefficient (Wildman–Crippen LogP) is 2.11. The summed E-state index contributed by atoms with van der Waals surface area (Å²) in [6.45, 7) is 2.08. The van der Waals surface area contributed by atoms with Crippen LogP contribution in [-0.4, -0.2) is 54.3 Å². The van der Waals surface area contributed by atoms with Crippen LogP contribution in [0.25, 0.3) is 6.08 Å². The summed E-state index contributed by atoms with van der Waals surface area (Å²) in [4.78, 5) is 48.3. The second kappa shape index (κ2) is 10.5. The average molecular weight is 409 g/mol. The lowest BCUT2D eigenvalue weighted by molar-refractivity contribution is -0.124. The van der Waals surface area contributed by atoms with Gasteiger partial charge in [-0.15, -0.1) is 0 Å². The number of ether oxygens (including phenoxy) is 1. The van der Waals surface area contributed by atoms with Gasteiger partial charge in [-0.2, -0.15) is 0 Å². The van der Waals surface area contributed by atoms with E-state index in [1.165, 1.54) is 24.3 Å². The number of hydrogen-bond donors (Lipinski definition) is 2. The van der Waals surface area contributed by atoms with Gasteiger partial charge in [-0.05, 0) is 30.8 Å². The van der Waals surface area contributed by atoms with Crippen LogP contribution in [0.15, 0.2) is 29.2 Å². The molecule has 0 aromatic heterocycles. The van der Waals surface area contributed by atoms with E-state index in [1.807, 2.05) is 0 Å². The zero-order valence-electron chi connectivity index (χ0n) is 15.2. The van der Waals surface area contributed by atoms with Crippen molar-refractivity contribution in [1.29, 1.82) is 0 Å². The Labute approximate surface area is 165 Å². The highest BCUT2D eigenvalue weighted by atomic mass is 32.2. The molecule has 0 unspecified atom stereocenters. The minimum atomic E-state index is -0.602. The van der Waals surface area contributed by atoms with E-state index in [2.05, 4.69) is 15.4 Å². The predicted molar refractivity (Wildman–Crippen MR) is 102 cm³/mol. The molecule has 0 atom stereocenters. The van der Waals surface area contributed by atoms with Crippen LogP contribution in [0.2, 0.25) is 0 Å². The first kappa shape index (κ1) is 21.4. The summed E-state index contributed by atoms with van der Waals surface area (Å²) in [5.74, 6) is -1.36. The summed E-state index contributed by atoms with van der Waals surface area (Å²) in [5, 5.41) is 4.49. The smallest absolute Gasteiger partial charge is 0.407 e. The number of nitrogens with zero attached hydrogens (tertiary/aromatic N) is 1. The number of benzene rings is 1. The van der Waals surface area contributed by atoms with Crippen molar-refractivity contribution in [2.24, 2.45) is 0 Å². The van der Waals surface area contributed by atoms with Crippen molar-refractivity contribution >= 4 is 41.0 Å². The second-order valence-corrected chi connectivity index (χ2v) is 6.60. The maximum atomic E-state index is 13.7. The fourth-order valence-corrected chi connectivity index (χ4v) is 3.14. The Hall–Kier alpha value is -2.88. The van der Waals surface area contributed by atoms with Gasteiger partial charge in [0.05, 0.1) is 11.5 Å². The van der Waals surface area contributed by atoms with Crippen LogP contribution in [0.3, 0.4) is 0 Å². The molecule has 150 valence electrons. The number of rotatable bonds is 8. The number of hydrogen-bond acceptors (Lipinski definition) is 6. The summed E-state index contributed by atoms with van der Waals surface area (Å²) < 4.78 is 18.4. The lowest BCUT2D eigenvalue weighted by Crippen LogP contribution is -2.38. The highest BCUT2D eigenvalue weighted by molar-refractivity contribution is 8.18. The molecule has 28 heavy (non-hydrogen) atoms. The molecule has 1 aromatic carbocycles. The van der Waals surface area contributed by atoms with Crippen LogP contribution in [0, 0.1) is 5.82 Å². The van der Waals surface area contributed by atoms with Gasteiger partial charge in [0.15, 0.2) is 0 Å². The number of alkyl carbamates (subject to hydrolysis) is 1. The molecule has 0 saturated carbocycles. The Balaban J connectivity index is 1.79. The molecule has 0 radical (unpaired) electrons. The number of thioether (sulfide) groups is 1. The molecule has 0 aliphatic carbocycles. The van der Waals surface area contributed by atoms with E-state index in [0.717, 1.165) is 16.7 Å². The molecule has 1 aliphatic heterocycles. The van der Waals surface area contributed by atoms with Crippen LogP contribution in [-0.2, 0) is 14.3 Å².